The molecule has 0 saturated carbocycles. The Balaban J connectivity index is 1.66. The van der Waals surface area contributed by atoms with E-state index in [9.17, 15) is 17.6 Å². The molecule has 2 aromatic carbocycles. The summed E-state index contributed by atoms with van der Waals surface area (Å²) in [5, 5.41) is 0.810. The highest BCUT2D eigenvalue weighted by molar-refractivity contribution is 7.92. The van der Waals surface area contributed by atoms with E-state index in [0.717, 1.165) is 5.39 Å². The van der Waals surface area contributed by atoms with Gasteiger partial charge in [-0.25, -0.2) is 12.8 Å². The van der Waals surface area contributed by atoms with Crippen LogP contribution in [-0.4, -0.2) is 25.8 Å². The van der Waals surface area contributed by atoms with E-state index < -0.39 is 15.8 Å². The van der Waals surface area contributed by atoms with Crippen LogP contribution in [0.15, 0.2) is 53.3 Å². The summed E-state index contributed by atoms with van der Waals surface area (Å²) in [4.78, 5) is 14.4. The molecule has 26 heavy (non-hydrogen) atoms. The fourth-order valence-electron chi connectivity index (χ4n) is 2.40. The molecule has 0 fully saturated rings. The summed E-state index contributed by atoms with van der Waals surface area (Å²) in [5.74, 6) is -0.274. The van der Waals surface area contributed by atoms with Crippen LogP contribution in [0.2, 0.25) is 0 Å². The molecule has 0 aliphatic carbocycles. The number of anilines is 1. The molecule has 1 heterocycles. The maximum Gasteiger partial charge on any atom is 0.251 e. The van der Waals surface area contributed by atoms with E-state index >= 15 is 0 Å². The molecule has 0 amide bonds. The van der Waals surface area contributed by atoms with E-state index in [1.54, 1.807) is 31.2 Å². The van der Waals surface area contributed by atoms with Crippen molar-refractivity contribution in [1.29, 1.82) is 0 Å². The van der Waals surface area contributed by atoms with E-state index in [1.807, 2.05) is 0 Å². The Bertz CT molecular complexity index is 1090. The summed E-state index contributed by atoms with van der Waals surface area (Å²) in [6.45, 7) is 1.63. The largest absolute Gasteiger partial charge is 0.492 e. The van der Waals surface area contributed by atoms with E-state index in [1.165, 1.54) is 24.3 Å². The molecule has 1 aromatic heterocycles. The molecular weight excluding hydrogens is 359 g/mol. The van der Waals surface area contributed by atoms with Gasteiger partial charge in [-0.1, -0.05) is 6.07 Å². The molecule has 0 bridgehead atoms. The van der Waals surface area contributed by atoms with Gasteiger partial charge >= 0.3 is 0 Å². The molecule has 0 unspecified atom stereocenters. The minimum absolute atomic E-state index is 0.0788. The number of benzene rings is 2. The number of sulfonamides is 1. The topological polar surface area (TPSA) is 88.3 Å². The van der Waals surface area contributed by atoms with Crippen LogP contribution in [0, 0.1) is 12.7 Å². The number of ether oxygens (including phenoxy) is 1. The van der Waals surface area contributed by atoms with Crippen molar-refractivity contribution >= 4 is 26.6 Å². The highest BCUT2D eigenvalue weighted by Gasteiger charge is 2.12. The Hall–Kier alpha value is -2.87. The van der Waals surface area contributed by atoms with Crippen LogP contribution in [0.3, 0.4) is 0 Å². The van der Waals surface area contributed by atoms with Gasteiger partial charge in [-0.05, 0) is 54.8 Å². The number of fused-ring (bicyclic) bond motifs is 1. The number of aromatic nitrogens is 1. The second-order valence-corrected chi connectivity index (χ2v) is 7.65. The monoisotopic (exact) mass is 376 g/mol. The van der Waals surface area contributed by atoms with E-state index in [2.05, 4.69) is 9.71 Å². The SMILES string of the molecule is Cc1cc2ccc(NS(=O)(=O)CCOc3ccc(F)cc3)cc2[nH]c1=O. The number of aryl methyl sites for hydroxylation is 1. The second-order valence-electron chi connectivity index (χ2n) is 5.81. The maximum absolute atomic E-state index is 12.8. The maximum atomic E-state index is 12.8. The first-order valence-electron chi connectivity index (χ1n) is 7.85. The van der Waals surface area contributed by atoms with Crippen LogP contribution in [0.1, 0.15) is 5.56 Å². The molecule has 136 valence electrons. The molecule has 0 aliphatic rings. The third kappa shape index (κ3) is 4.40. The van der Waals surface area contributed by atoms with Gasteiger partial charge in [0.1, 0.15) is 23.9 Å². The van der Waals surface area contributed by atoms with Crippen molar-refractivity contribution in [2.45, 2.75) is 6.92 Å². The lowest BCUT2D eigenvalue weighted by Gasteiger charge is -2.10. The van der Waals surface area contributed by atoms with Crippen LogP contribution in [-0.2, 0) is 10.0 Å². The average Bonchev–Trinajstić information content (AvgIpc) is 2.57. The predicted octanol–water partition coefficient (Wildman–Crippen LogP) is 2.80. The number of nitrogens with one attached hydrogen (secondary N) is 2. The molecule has 0 aliphatic heterocycles. The van der Waals surface area contributed by atoms with Gasteiger partial charge in [0.25, 0.3) is 5.56 Å². The van der Waals surface area contributed by atoms with Crippen molar-refractivity contribution in [2.24, 2.45) is 0 Å². The predicted molar refractivity (Wildman–Crippen MR) is 98.6 cm³/mol. The first-order valence-corrected chi connectivity index (χ1v) is 9.50. The second kappa shape index (κ2) is 7.17. The lowest BCUT2D eigenvalue weighted by atomic mass is 10.1. The summed E-state index contributed by atoms with van der Waals surface area (Å²) in [5.41, 5.74) is 1.26. The van der Waals surface area contributed by atoms with Crippen LogP contribution in [0.4, 0.5) is 10.1 Å². The fourth-order valence-corrected chi connectivity index (χ4v) is 3.30. The third-order valence-electron chi connectivity index (χ3n) is 3.74. The lowest BCUT2D eigenvalue weighted by Crippen LogP contribution is -2.21. The van der Waals surface area contributed by atoms with E-state index in [0.29, 0.717) is 22.5 Å². The minimum Gasteiger partial charge on any atom is -0.492 e. The standard InChI is InChI=1S/C18H17FN2O4S/c1-12-10-13-2-5-15(11-17(13)20-18(12)22)21-26(23,24)9-8-25-16-6-3-14(19)4-7-16/h2-7,10-11,21H,8-9H2,1H3,(H,20,22). The summed E-state index contributed by atoms with van der Waals surface area (Å²) in [6, 6.07) is 12.0. The lowest BCUT2D eigenvalue weighted by molar-refractivity contribution is 0.340. The number of aromatic amines is 1. The molecule has 0 atom stereocenters. The molecule has 0 spiro atoms. The first kappa shape index (κ1) is 17.9. The molecule has 3 aromatic rings. The van der Waals surface area contributed by atoms with Gasteiger partial charge in [-0.2, -0.15) is 0 Å². The highest BCUT2D eigenvalue weighted by atomic mass is 32.2. The molecule has 2 N–H and O–H groups in total. The zero-order chi connectivity index (χ0) is 18.7. The summed E-state index contributed by atoms with van der Waals surface area (Å²) < 4.78 is 44.9. The van der Waals surface area contributed by atoms with Gasteiger partial charge < -0.3 is 9.72 Å². The number of hydrogen-bond donors (Lipinski definition) is 2. The Morgan fingerprint density at radius 3 is 2.58 bits per heavy atom. The molecule has 6 nitrogen and oxygen atoms in total. The van der Waals surface area contributed by atoms with Gasteiger partial charge in [0, 0.05) is 5.56 Å². The number of halogens is 1. The van der Waals surface area contributed by atoms with Gasteiger partial charge in [0.2, 0.25) is 10.0 Å². The number of H-pyrrole nitrogens is 1. The number of hydrogen-bond acceptors (Lipinski definition) is 4. The molecular formula is C18H17FN2O4S. The molecule has 3 rings (SSSR count). The third-order valence-corrected chi connectivity index (χ3v) is 4.99. The van der Waals surface area contributed by atoms with Crippen molar-refractivity contribution < 1.29 is 17.5 Å². The Labute approximate surface area is 149 Å². The average molecular weight is 376 g/mol. The Morgan fingerprint density at radius 1 is 1.12 bits per heavy atom. The molecule has 0 saturated heterocycles. The zero-order valence-electron chi connectivity index (χ0n) is 14.0. The Kier molecular flexibility index (Phi) is 4.94. The minimum atomic E-state index is -3.64. The normalized spacial score (nSPS) is 11.5. The quantitative estimate of drug-likeness (QED) is 0.692. The Morgan fingerprint density at radius 2 is 1.85 bits per heavy atom. The van der Waals surface area contributed by atoms with Crippen molar-refractivity contribution in [3.05, 3.63) is 70.3 Å². The van der Waals surface area contributed by atoms with Crippen LogP contribution in [0.25, 0.3) is 10.9 Å². The smallest absolute Gasteiger partial charge is 0.251 e. The molecule has 0 radical (unpaired) electrons. The van der Waals surface area contributed by atoms with Gasteiger partial charge in [0.15, 0.2) is 0 Å². The number of pyridine rings is 1. The van der Waals surface area contributed by atoms with Crippen molar-refractivity contribution in [3.8, 4) is 5.75 Å². The molecule has 8 heteroatoms. The van der Waals surface area contributed by atoms with Crippen LogP contribution in [0.5, 0.6) is 5.75 Å². The van der Waals surface area contributed by atoms with Gasteiger partial charge in [-0.15, -0.1) is 0 Å². The summed E-state index contributed by atoms with van der Waals surface area (Å²) >= 11 is 0. The first-order chi connectivity index (χ1) is 12.3. The van der Waals surface area contributed by atoms with Gasteiger partial charge in [-0.3, -0.25) is 9.52 Å². The van der Waals surface area contributed by atoms with Crippen molar-refractivity contribution in [1.82, 2.24) is 4.98 Å². The van der Waals surface area contributed by atoms with Gasteiger partial charge in [0.05, 0.1) is 11.2 Å². The zero-order valence-corrected chi connectivity index (χ0v) is 14.8. The highest BCUT2D eigenvalue weighted by Crippen LogP contribution is 2.18. The summed E-state index contributed by atoms with van der Waals surface area (Å²) in [7, 11) is -3.64. The number of rotatable bonds is 6. The van der Waals surface area contributed by atoms with E-state index in [4.69, 9.17) is 4.74 Å². The van der Waals surface area contributed by atoms with Crippen LogP contribution >= 0.6 is 0 Å². The summed E-state index contributed by atoms with van der Waals surface area (Å²) in [6.07, 6.45) is 0. The van der Waals surface area contributed by atoms with Crippen LogP contribution < -0.4 is 15.0 Å². The van der Waals surface area contributed by atoms with Crippen molar-refractivity contribution in [2.75, 3.05) is 17.1 Å². The van der Waals surface area contributed by atoms with E-state index in [-0.39, 0.29) is 17.9 Å². The fraction of sp³-hybridized carbons (Fsp3) is 0.167. The van der Waals surface area contributed by atoms with Crippen molar-refractivity contribution in [3.63, 3.8) is 0 Å².